The zero-order chi connectivity index (χ0) is 21.8. The van der Waals surface area contributed by atoms with Crippen molar-refractivity contribution in [2.75, 3.05) is 7.11 Å². The van der Waals surface area contributed by atoms with Gasteiger partial charge >= 0.3 is 5.97 Å². The Kier molecular flexibility index (Phi) is 5.91. The third-order valence-corrected chi connectivity index (χ3v) is 5.27. The highest BCUT2D eigenvalue weighted by Gasteiger charge is 2.11. The van der Waals surface area contributed by atoms with Crippen molar-refractivity contribution in [1.82, 2.24) is 15.3 Å². The molecule has 0 spiro atoms. The molecule has 0 saturated carbocycles. The zero-order valence-electron chi connectivity index (χ0n) is 17.4. The number of nitrogens with zero attached hydrogens (tertiary/aromatic N) is 1. The smallest absolute Gasteiger partial charge is 0.337 e. The Balaban J connectivity index is 1.49. The first-order chi connectivity index (χ1) is 15.0. The summed E-state index contributed by atoms with van der Waals surface area (Å²) >= 11 is 0. The molecule has 0 fully saturated rings. The maximum Gasteiger partial charge on any atom is 0.337 e. The van der Waals surface area contributed by atoms with Crippen molar-refractivity contribution in [3.8, 4) is 11.1 Å². The topological polar surface area (TPSA) is 84.1 Å². The lowest BCUT2D eigenvalue weighted by Gasteiger charge is -2.15. The van der Waals surface area contributed by atoms with Gasteiger partial charge in [-0.05, 0) is 41.8 Å². The largest absolute Gasteiger partial charge is 0.465 e. The van der Waals surface area contributed by atoms with E-state index in [0.717, 1.165) is 5.56 Å². The number of ether oxygens (including phenoxy) is 1. The molecule has 3 aromatic carbocycles. The summed E-state index contributed by atoms with van der Waals surface area (Å²) in [6.07, 6.45) is 0. The zero-order valence-corrected chi connectivity index (χ0v) is 17.4. The van der Waals surface area contributed by atoms with E-state index < -0.39 is 5.97 Å². The van der Waals surface area contributed by atoms with E-state index in [9.17, 15) is 9.59 Å². The molecule has 156 valence electrons. The van der Waals surface area contributed by atoms with Crippen molar-refractivity contribution in [3.63, 3.8) is 0 Å². The number of aromatic nitrogens is 2. The molecule has 31 heavy (non-hydrogen) atoms. The van der Waals surface area contributed by atoms with Gasteiger partial charge in [-0.1, -0.05) is 54.6 Å². The first-order valence-electron chi connectivity index (χ1n) is 10.0. The second-order valence-corrected chi connectivity index (χ2v) is 7.33. The third-order valence-electron chi connectivity index (χ3n) is 5.27. The Morgan fingerprint density at radius 2 is 1.74 bits per heavy atom. The van der Waals surface area contributed by atoms with Crippen molar-refractivity contribution >= 4 is 16.9 Å². The van der Waals surface area contributed by atoms with E-state index in [2.05, 4.69) is 58.6 Å². The molecule has 6 nitrogen and oxygen atoms in total. The number of H-pyrrole nitrogens is 1. The van der Waals surface area contributed by atoms with Gasteiger partial charge in [0.2, 0.25) is 0 Å². The van der Waals surface area contributed by atoms with Crippen LogP contribution in [0.1, 0.15) is 34.7 Å². The molecule has 0 bridgehead atoms. The van der Waals surface area contributed by atoms with Gasteiger partial charge in [-0.15, -0.1) is 0 Å². The minimum Gasteiger partial charge on any atom is -0.465 e. The molecule has 1 atom stereocenters. The number of esters is 1. The van der Waals surface area contributed by atoms with Gasteiger partial charge in [-0.3, -0.25) is 4.79 Å². The molecule has 1 heterocycles. The van der Waals surface area contributed by atoms with Crippen LogP contribution in [0.4, 0.5) is 0 Å². The van der Waals surface area contributed by atoms with Crippen LogP contribution in [0.5, 0.6) is 0 Å². The van der Waals surface area contributed by atoms with Crippen LogP contribution in [0.3, 0.4) is 0 Å². The molecule has 0 radical (unpaired) electrons. The number of nitrogens with one attached hydrogen (secondary N) is 2. The summed E-state index contributed by atoms with van der Waals surface area (Å²) in [6.45, 7) is 2.45. The van der Waals surface area contributed by atoms with Crippen LogP contribution in [-0.2, 0) is 11.3 Å². The van der Waals surface area contributed by atoms with Gasteiger partial charge in [0.1, 0.15) is 5.82 Å². The average molecular weight is 413 g/mol. The number of hydrogen-bond donors (Lipinski definition) is 2. The predicted octanol–water partition coefficient (Wildman–Crippen LogP) is 4.23. The number of methoxy groups -OCH3 is 1. The highest BCUT2D eigenvalue weighted by atomic mass is 16.5. The molecule has 0 aliphatic carbocycles. The fraction of sp³-hybridized carbons (Fsp3) is 0.160. The summed E-state index contributed by atoms with van der Waals surface area (Å²) in [7, 11) is 1.32. The molecular weight excluding hydrogens is 390 g/mol. The molecule has 1 unspecified atom stereocenters. The van der Waals surface area contributed by atoms with Crippen molar-refractivity contribution in [1.29, 1.82) is 0 Å². The van der Waals surface area contributed by atoms with E-state index >= 15 is 0 Å². The molecule has 0 amide bonds. The van der Waals surface area contributed by atoms with Crippen LogP contribution in [0.2, 0.25) is 0 Å². The van der Waals surface area contributed by atoms with E-state index in [1.807, 2.05) is 18.2 Å². The third kappa shape index (κ3) is 4.54. The standard InChI is InChI=1S/C25H23N3O3/c1-16(17-8-10-19(11-9-17)18-6-4-3-5-7-18)26-15-23-27-22-14-20(25(30)31-2)12-13-21(22)24(29)28-23/h3-14,16,26H,15H2,1-2H3,(H,27,28,29). The Bertz CT molecular complexity index is 1260. The van der Waals surface area contributed by atoms with Crippen molar-refractivity contribution < 1.29 is 9.53 Å². The first-order valence-corrected chi connectivity index (χ1v) is 10.0. The molecule has 0 saturated heterocycles. The highest BCUT2D eigenvalue weighted by Crippen LogP contribution is 2.22. The Morgan fingerprint density at radius 1 is 1.03 bits per heavy atom. The monoisotopic (exact) mass is 413 g/mol. The fourth-order valence-corrected chi connectivity index (χ4v) is 3.48. The fourth-order valence-electron chi connectivity index (χ4n) is 3.48. The summed E-state index contributed by atoms with van der Waals surface area (Å²) in [4.78, 5) is 31.5. The van der Waals surface area contributed by atoms with E-state index in [1.165, 1.54) is 18.2 Å². The van der Waals surface area contributed by atoms with Gasteiger partial charge in [0.15, 0.2) is 0 Å². The minimum atomic E-state index is -0.462. The van der Waals surface area contributed by atoms with Gasteiger partial charge in [0, 0.05) is 6.04 Å². The second-order valence-electron chi connectivity index (χ2n) is 7.33. The Hall–Kier alpha value is -3.77. The van der Waals surface area contributed by atoms with E-state index in [4.69, 9.17) is 4.74 Å². The molecular formula is C25H23N3O3. The number of hydrogen-bond acceptors (Lipinski definition) is 5. The number of rotatable bonds is 6. The van der Waals surface area contributed by atoms with Crippen molar-refractivity contribution in [3.05, 3.63) is 100 Å². The summed E-state index contributed by atoms with van der Waals surface area (Å²) in [5.41, 5.74) is 4.06. The van der Waals surface area contributed by atoms with Gasteiger partial charge in [-0.2, -0.15) is 0 Å². The van der Waals surface area contributed by atoms with Crippen LogP contribution in [-0.4, -0.2) is 23.0 Å². The molecule has 4 aromatic rings. The molecule has 1 aromatic heterocycles. The number of aromatic amines is 1. The Morgan fingerprint density at radius 3 is 2.45 bits per heavy atom. The minimum absolute atomic E-state index is 0.0622. The lowest BCUT2D eigenvalue weighted by molar-refractivity contribution is 0.0601. The lowest BCUT2D eigenvalue weighted by atomic mass is 10.0. The molecule has 4 rings (SSSR count). The first kappa shape index (κ1) is 20.5. The maximum absolute atomic E-state index is 12.4. The predicted molar refractivity (Wildman–Crippen MR) is 121 cm³/mol. The molecule has 2 N–H and O–H groups in total. The summed E-state index contributed by atoms with van der Waals surface area (Å²) in [6, 6.07) is 23.4. The molecule has 6 heteroatoms. The SMILES string of the molecule is COC(=O)c1ccc2c(=O)[nH]c(CNC(C)c3ccc(-c4ccccc4)cc3)nc2c1. The Labute approximate surface area is 179 Å². The second kappa shape index (κ2) is 8.93. The number of fused-ring (bicyclic) bond motifs is 1. The number of carbonyl (C=O) groups excluding carboxylic acids is 1. The van der Waals surface area contributed by atoms with Crippen LogP contribution in [0.25, 0.3) is 22.0 Å². The van der Waals surface area contributed by atoms with Crippen LogP contribution < -0.4 is 10.9 Å². The lowest BCUT2D eigenvalue weighted by Crippen LogP contribution is -2.22. The van der Waals surface area contributed by atoms with Gasteiger partial charge in [-0.25, -0.2) is 9.78 Å². The highest BCUT2D eigenvalue weighted by molar-refractivity contribution is 5.93. The van der Waals surface area contributed by atoms with E-state index in [1.54, 1.807) is 18.2 Å². The molecule has 0 aliphatic rings. The summed E-state index contributed by atoms with van der Waals surface area (Å²) in [5.74, 6) is 0.0449. The van der Waals surface area contributed by atoms with Crippen molar-refractivity contribution in [2.45, 2.75) is 19.5 Å². The average Bonchev–Trinajstić information content (AvgIpc) is 2.82. The number of benzene rings is 3. The van der Waals surface area contributed by atoms with Gasteiger partial charge in [0.25, 0.3) is 5.56 Å². The molecule has 0 aliphatic heterocycles. The van der Waals surface area contributed by atoms with Gasteiger partial charge in [0.05, 0.1) is 30.1 Å². The van der Waals surface area contributed by atoms with E-state index in [0.29, 0.717) is 28.8 Å². The van der Waals surface area contributed by atoms with Gasteiger partial charge < -0.3 is 15.0 Å². The number of carbonyl (C=O) groups is 1. The summed E-state index contributed by atoms with van der Waals surface area (Å²) in [5, 5.41) is 3.82. The van der Waals surface area contributed by atoms with Crippen molar-refractivity contribution in [2.24, 2.45) is 0 Å². The normalized spacial score (nSPS) is 11.9. The van der Waals surface area contributed by atoms with E-state index in [-0.39, 0.29) is 11.6 Å². The van der Waals surface area contributed by atoms with Crippen LogP contribution in [0.15, 0.2) is 77.6 Å². The quantitative estimate of drug-likeness (QED) is 0.462. The maximum atomic E-state index is 12.4. The van der Waals surface area contributed by atoms with Crippen LogP contribution in [0, 0.1) is 0 Å². The summed E-state index contributed by atoms with van der Waals surface area (Å²) < 4.78 is 4.75. The van der Waals surface area contributed by atoms with Crippen LogP contribution >= 0.6 is 0 Å².